The molecule has 98 valence electrons. The molecule has 6 heteroatoms. The Hall–Kier alpha value is -1.75. The van der Waals surface area contributed by atoms with Crippen molar-refractivity contribution in [1.29, 1.82) is 0 Å². The first kappa shape index (κ1) is 13.7. The van der Waals surface area contributed by atoms with Crippen molar-refractivity contribution in [2.45, 2.75) is 13.5 Å². The van der Waals surface area contributed by atoms with Crippen LogP contribution in [0.25, 0.3) is 5.69 Å². The van der Waals surface area contributed by atoms with E-state index in [4.69, 9.17) is 0 Å². The van der Waals surface area contributed by atoms with Gasteiger partial charge in [0, 0.05) is 22.6 Å². The highest BCUT2D eigenvalue weighted by atomic mass is 127. The van der Waals surface area contributed by atoms with E-state index in [1.807, 2.05) is 22.6 Å². The highest BCUT2D eigenvalue weighted by molar-refractivity contribution is 14.1. The number of rotatable bonds is 2. The zero-order valence-corrected chi connectivity index (χ0v) is 12.2. The molecule has 2 aromatic rings. The second kappa shape index (κ2) is 5.48. The quantitative estimate of drug-likeness (QED) is 0.649. The zero-order valence-electron chi connectivity index (χ0n) is 10.0. The molecule has 0 radical (unpaired) electrons. The molecule has 0 unspecified atom stereocenters. The highest BCUT2D eigenvalue weighted by Crippen LogP contribution is 2.19. The fraction of sp³-hybridized carbons (Fsp3) is 0.154. The van der Waals surface area contributed by atoms with Crippen LogP contribution in [-0.2, 0) is 6.54 Å². The number of hydrogen-bond donors (Lipinski definition) is 1. The van der Waals surface area contributed by atoms with Gasteiger partial charge in [-0.15, -0.1) is 0 Å². The summed E-state index contributed by atoms with van der Waals surface area (Å²) in [6, 6.07) is 5.34. The van der Waals surface area contributed by atoms with Gasteiger partial charge in [-0.25, -0.2) is 13.8 Å². The van der Waals surface area contributed by atoms with Gasteiger partial charge in [0.15, 0.2) is 0 Å². The van der Waals surface area contributed by atoms with Crippen LogP contribution in [0.3, 0.4) is 0 Å². The number of imidazole rings is 1. The molecule has 0 aliphatic heterocycles. The van der Waals surface area contributed by atoms with E-state index in [2.05, 4.69) is 9.85 Å². The van der Waals surface area contributed by atoms with Crippen molar-refractivity contribution in [3.63, 3.8) is 0 Å². The minimum Gasteiger partial charge on any atom is -0.493 e. The predicted molar refractivity (Wildman–Crippen MR) is 78.2 cm³/mol. The molecular formula is C13H10FIN2O2. The van der Waals surface area contributed by atoms with Crippen molar-refractivity contribution in [2.24, 2.45) is 0 Å². The molecule has 0 atom stereocenters. The number of hydrogen-bond acceptors (Lipinski definition) is 2. The van der Waals surface area contributed by atoms with Gasteiger partial charge in [0.25, 0.3) is 0 Å². The lowest BCUT2D eigenvalue weighted by Gasteiger charge is -2.02. The number of benzene rings is 1. The average Bonchev–Trinajstić information content (AvgIpc) is 2.60. The number of aromatic hydroxyl groups is 1. The molecule has 0 saturated heterocycles. The van der Waals surface area contributed by atoms with Crippen LogP contribution in [0.2, 0.25) is 0 Å². The average molecular weight is 372 g/mol. The maximum atomic E-state index is 12.9. The third-order valence-corrected chi connectivity index (χ3v) is 3.13. The van der Waals surface area contributed by atoms with Crippen LogP contribution in [-0.4, -0.2) is 14.2 Å². The topological polar surface area (TPSA) is 47.2 Å². The molecule has 19 heavy (non-hydrogen) atoms. The van der Waals surface area contributed by atoms with Gasteiger partial charge < -0.3 is 5.11 Å². The molecule has 0 aliphatic rings. The maximum absolute atomic E-state index is 12.9. The lowest BCUT2D eigenvalue weighted by Crippen LogP contribution is -2.23. The Morgan fingerprint density at radius 2 is 2.00 bits per heavy atom. The van der Waals surface area contributed by atoms with Crippen molar-refractivity contribution < 1.29 is 9.50 Å². The molecule has 0 bridgehead atoms. The summed E-state index contributed by atoms with van der Waals surface area (Å²) in [5.41, 5.74) is 0.433. The normalized spacial score (nSPS) is 10.1. The number of halogens is 2. The summed E-state index contributed by atoms with van der Waals surface area (Å²) >= 11 is 1.88. The van der Waals surface area contributed by atoms with Crippen LogP contribution in [0, 0.1) is 22.6 Å². The molecule has 0 aliphatic carbocycles. The van der Waals surface area contributed by atoms with Gasteiger partial charge in [0.2, 0.25) is 5.88 Å². The molecular weight excluding hydrogens is 362 g/mol. The Kier molecular flexibility index (Phi) is 3.95. The summed E-state index contributed by atoms with van der Waals surface area (Å²) in [6.45, 7) is 1.83. The van der Waals surface area contributed by atoms with Crippen molar-refractivity contribution in [1.82, 2.24) is 9.13 Å². The van der Waals surface area contributed by atoms with Crippen molar-refractivity contribution in [3.8, 4) is 21.4 Å². The molecule has 0 amide bonds. The Morgan fingerprint density at radius 1 is 1.37 bits per heavy atom. The van der Waals surface area contributed by atoms with Crippen LogP contribution in [0.4, 0.5) is 4.39 Å². The molecule has 4 nitrogen and oxygen atoms in total. The Balaban J connectivity index is 2.61. The molecule has 1 heterocycles. The van der Waals surface area contributed by atoms with E-state index in [0.717, 1.165) is 4.57 Å². The maximum Gasteiger partial charge on any atom is 0.336 e. The van der Waals surface area contributed by atoms with Gasteiger partial charge >= 0.3 is 5.69 Å². The number of nitrogens with zero attached hydrogens (tertiary/aromatic N) is 2. The first-order valence-corrected chi connectivity index (χ1v) is 6.49. The largest absolute Gasteiger partial charge is 0.493 e. The summed E-state index contributed by atoms with van der Waals surface area (Å²) in [6.07, 6.45) is 0. The zero-order chi connectivity index (χ0) is 14.0. The van der Waals surface area contributed by atoms with E-state index in [-0.39, 0.29) is 12.4 Å². The lowest BCUT2D eigenvalue weighted by atomic mass is 10.3. The monoisotopic (exact) mass is 372 g/mol. The summed E-state index contributed by atoms with van der Waals surface area (Å²) in [5.74, 6) is 2.20. The van der Waals surface area contributed by atoms with Crippen molar-refractivity contribution in [2.75, 3.05) is 0 Å². The molecule has 0 fully saturated rings. The Bertz CT molecular complexity index is 720. The first-order valence-electron chi connectivity index (χ1n) is 5.41. The molecule has 1 aromatic heterocycles. The Labute approximate surface area is 122 Å². The van der Waals surface area contributed by atoms with Gasteiger partial charge in [-0.3, -0.25) is 4.57 Å². The van der Waals surface area contributed by atoms with E-state index in [9.17, 15) is 14.3 Å². The molecule has 0 saturated carbocycles. The van der Waals surface area contributed by atoms with E-state index in [1.165, 1.54) is 28.8 Å². The molecule has 2 rings (SSSR count). The van der Waals surface area contributed by atoms with Crippen molar-refractivity contribution >= 4 is 22.6 Å². The van der Waals surface area contributed by atoms with E-state index >= 15 is 0 Å². The summed E-state index contributed by atoms with van der Waals surface area (Å²) in [5, 5.41) is 10.0. The van der Waals surface area contributed by atoms with Gasteiger partial charge in [-0.05, 0) is 35.1 Å². The standard InChI is InChI=1S/C13H10FIN2O2/c1-9-12(18)17(11-5-3-10(14)4-6-11)13(19)16(9)8-2-7-15/h3-6,18H,8H2,1H3. The molecule has 1 aromatic carbocycles. The van der Waals surface area contributed by atoms with Gasteiger partial charge in [-0.2, -0.15) is 0 Å². The van der Waals surface area contributed by atoms with E-state index < -0.39 is 11.5 Å². The predicted octanol–water partition coefficient (Wildman–Crippen LogP) is 2.19. The second-order valence-electron chi connectivity index (χ2n) is 3.86. The van der Waals surface area contributed by atoms with E-state index in [1.54, 1.807) is 6.92 Å². The molecule has 0 spiro atoms. The van der Waals surface area contributed by atoms with E-state index in [0.29, 0.717) is 11.4 Å². The molecule has 1 N–H and O–H groups in total. The van der Waals surface area contributed by atoms with Gasteiger partial charge in [0.05, 0.1) is 17.9 Å². The van der Waals surface area contributed by atoms with Gasteiger partial charge in [0.1, 0.15) is 5.82 Å². The lowest BCUT2D eigenvalue weighted by molar-refractivity contribution is 0.436. The van der Waals surface area contributed by atoms with Crippen molar-refractivity contribution in [3.05, 3.63) is 46.3 Å². The first-order chi connectivity index (χ1) is 9.06. The second-order valence-corrected chi connectivity index (χ2v) is 4.40. The third kappa shape index (κ3) is 2.51. The van der Waals surface area contributed by atoms with Crippen LogP contribution in [0.1, 0.15) is 5.69 Å². The Morgan fingerprint density at radius 3 is 2.58 bits per heavy atom. The highest BCUT2D eigenvalue weighted by Gasteiger charge is 2.16. The van der Waals surface area contributed by atoms with Crippen LogP contribution in [0.15, 0.2) is 29.1 Å². The fourth-order valence-corrected chi connectivity index (χ4v) is 1.93. The minimum absolute atomic E-state index is 0.160. The van der Waals surface area contributed by atoms with Crippen LogP contribution >= 0.6 is 22.6 Å². The van der Waals surface area contributed by atoms with Crippen LogP contribution in [0.5, 0.6) is 5.88 Å². The minimum atomic E-state index is -0.402. The summed E-state index contributed by atoms with van der Waals surface area (Å²) in [7, 11) is 0. The third-order valence-electron chi connectivity index (χ3n) is 2.75. The fourth-order valence-electron chi connectivity index (χ4n) is 1.76. The smallest absolute Gasteiger partial charge is 0.336 e. The number of aromatic nitrogens is 2. The SMILES string of the molecule is Cc1c(O)n(-c2ccc(F)cc2)c(=O)n1CC#CI. The summed E-state index contributed by atoms with van der Waals surface area (Å²) < 4.78 is 18.0. The van der Waals surface area contributed by atoms with Gasteiger partial charge in [-0.1, -0.05) is 5.92 Å². The van der Waals surface area contributed by atoms with Crippen LogP contribution < -0.4 is 5.69 Å². The summed E-state index contributed by atoms with van der Waals surface area (Å²) in [4.78, 5) is 12.2.